The van der Waals surface area contributed by atoms with Crippen LogP contribution in [0.2, 0.25) is 0 Å². The number of amides is 1. The predicted molar refractivity (Wildman–Crippen MR) is 90.8 cm³/mol. The summed E-state index contributed by atoms with van der Waals surface area (Å²) in [6.45, 7) is 0.917. The third-order valence-electron chi connectivity index (χ3n) is 3.66. The van der Waals surface area contributed by atoms with Crippen LogP contribution in [0.3, 0.4) is 0 Å². The first kappa shape index (κ1) is 15.5. The molecule has 0 radical (unpaired) electrons. The first-order chi connectivity index (χ1) is 12.3. The van der Waals surface area contributed by atoms with Crippen LogP contribution in [-0.2, 0) is 13.1 Å². The van der Waals surface area contributed by atoms with Crippen LogP contribution in [0, 0.1) is 0 Å². The number of thiophene rings is 1. The van der Waals surface area contributed by atoms with E-state index in [0.29, 0.717) is 24.6 Å². The molecule has 0 aliphatic rings. The molecule has 126 valence electrons. The molecular formula is C18H14N2O4S. The summed E-state index contributed by atoms with van der Waals surface area (Å²) >= 11 is 1.60. The second kappa shape index (κ2) is 6.82. The van der Waals surface area contributed by atoms with E-state index in [1.165, 1.54) is 0 Å². The Morgan fingerprint density at radius 2 is 2.08 bits per heavy atom. The molecule has 0 aliphatic heterocycles. The van der Waals surface area contributed by atoms with E-state index < -0.39 is 0 Å². The van der Waals surface area contributed by atoms with Crippen molar-refractivity contribution in [3.05, 3.63) is 76.7 Å². The first-order valence-electron chi connectivity index (χ1n) is 7.63. The molecule has 1 amide bonds. The van der Waals surface area contributed by atoms with Gasteiger partial charge < -0.3 is 18.3 Å². The van der Waals surface area contributed by atoms with Crippen LogP contribution in [-0.4, -0.2) is 16.0 Å². The van der Waals surface area contributed by atoms with Gasteiger partial charge in [-0.2, -0.15) is 0 Å². The standard InChI is InChI=1S/C18H14N2O4S/c21-18(15-9-17(24-19-15)16-4-1-6-23-16)20(10-13-5-7-22-12-13)11-14-3-2-8-25-14/h1-9,12H,10-11H2. The zero-order chi connectivity index (χ0) is 17.1. The lowest BCUT2D eigenvalue weighted by Crippen LogP contribution is -2.29. The quantitative estimate of drug-likeness (QED) is 0.512. The average molecular weight is 354 g/mol. The van der Waals surface area contributed by atoms with Gasteiger partial charge in [0, 0.05) is 23.1 Å². The molecular weight excluding hydrogens is 340 g/mol. The highest BCUT2D eigenvalue weighted by atomic mass is 32.1. The summed E-state index contributed by atoms with van der Waals surface area (Å²) in [5.41, 5.74) is 1.16. The number of carbonyl (C=O) groups excluding carboxylic acids is 1. The van der Waals surface area contributed by atoms with Crippen LogP contribution in [0.5, 0.6) is 0 Å². The Morgan fingerprint density at radius 3 is 2.80 bits per heavy atom. The van der Waals surface area contributed by atoms with Gasteiger partial charge in [-0.15, -0.1) is 11.3 Å². The normalized spacial score (nSPS) is 10.9. The fourth-order valence-corrected chi connectivity index (χ4v) is 3.19. The van der Waals surface area contributed by atoms with Crippen molar-refractivity contribution in [1.82, 2.24) is 10.1 Å². The number of carbonyl (C=O) groups is 1. The summed E-state index contributed by atoms with van der Waals surface area (Å²) < 4.78 is 15.6. The predicted octanol–water partition coefficient (Wildman–Crippen LogP) is 4.43. The zero-order valence-corrected chi connectivity index (χ0v) is 13.9. The minimum absolute atomic E-state index is 0.212. The lowest BCUT2D eigenvalue weighted by molar-refractivity contribution is 0.0721. The van der Waals surface area contributed by atoms with E-state index in [0.717, 1.165) is 10.4 Å². The van der Waals surface area contributed by atoms with Gasteiger partial charge in [-0.3, -0.25) is 4.79 Å². The maximum absolute atomic E-state index is 12.9. The first-order valence-corrected chi connectivity index (χ1v) is 8.51. The van der Waals surface area contributed by atoms with Crippen LogP contribution in [0.25, 0.3) is 11.5 Å². The molecule has 0 aliphatic carbocycles. The summed E-state index contributed by atoms with van der Waals surface area (Å²) in [7, 11) is 0. The maximum atomic E-state index is 12.9. The van der Waals surface area contributed by atoms with Gasteiger partial charge in [0.05, 0.1) is 25.3 Å². The van der Waals surface area contributed by atoms with Crippen molar-refractivity contribution in [1.29, 1.82) is 0 Å². The Balaban J connectivity index is 1.58. The van der Waals surface area contributed by atoms with Gasteiger partial charge in [0.25, 0.3) is 5.91 Å². The van der Waals surface area contributed by atoms with Crippen LogP contribution >= 0.6 is 11.3 Å². The van der Waals surface area contributed by atoms with Gasteiger partial charge >= 0.3 is 0 Å². The van der Waals surface area contributed by atoms with Crippen molar-refractivity contribution in [2.24, 2.45) is 0 Å². The summed E-state index contributed by atoms with van der Waals surface area (Å²) in [6, 6.07) is 10.9. The molecule has 0 fully saturated rings. The topological polar surface area (TPSA) is 72.6 Å². The highest BCUT2D eigenvalue weighted by Crippen LogP contribution is 2.23. The molecule has 0 atom stereocenters. The Kier molecular flexibility index (Phi) is 4.22. The van der Waals surface area contributed by atoms with E-state index in [-0.39, 0.29) is 11.6 Å². The van der Waals surface area contributed by atoms with Crippen LogP contribution in [0.4, 0.5) is 0 Å². The lowest BCUT2D eigenvalue weighted by Gasteiger charge is -2.20. The fourth-order valence-electron chi connectivity index (χ4n) is 2.47. The average Bonchev–Trinajstić information content (AvgIpc) is 3.41. The lowest BCUT2D eigenvalue weighted by atomic mass is 10.2. The Labute approximate surface area is 147 Å². The largest absolute Gasteiger partial charge is 0.472 e. The van der Waals surface area contributed by atoms with Crippen molar-refractivity contribution >= 4 is 17.2 Å². The van der Waals surface area contributed by atoms with E-state index in [4.69, 9.17) is 13.4 Å². The monoisotopic (exact) mass is 354 g/mol. The SMILES string of the molecule is O=C(c1cc(-c2ccco2)on1)N(Cc1ccoc1)Cc1cccs1. The van der Waals surface area contributed by atoms with Gasteiger partial charge in [0.15, 0.2) is 11.5 Å². The van der Waals surface area contributed by atoms with Crippen molar-refractivity contribution in [2.75, 3.05) is 0 Å². The number of aromatic nitrogens is 1. The summed E-state index contributed by atoms with van der Waals surface area (Å²) in [5, 5.41) is 5.89. The van der Waals surface area contributed by atoms with Crippen LogP contribution in [0.15, 0.2) is 73.9 Å². The summed E-state index contributed by atoms with van der Waals surface area (Å²) in [6.07, 6.45) is 4.77. The minimum atomic E-state index is -0.212. The molecule has 0 saturated carbocycles. The van der Waals surface area contributed by atoms with Crippen LogP contribution in [0.1, 0.15) is 20.9 Å². The summed E-state index contributed by atoms with van der Waals surface area (Å²) in [4.78, 5) is 15.7. The van der Waals surface area contributed by atoms with Crippen molar-refractivity contribution in [3.63, 3.8) is 0 Å². The maximum Gasteiger partial charge on any atom is 0.276 e. The molecule has 4 rings (SSSR count). The Bertz CT molecular complexity index is 888. The third kappa shape index (κ3) is 3.41. The van der Waals surface area contributed by atoms with Crippen molar-refractivity contribution in [2.45, 2.75) is 13.1 Å². The molecule has 6 nitrogen and oxygen atoms in total. The van der Waals surface area contributed by atoms with Crippen LogP contribution < -0.4 is 0 Å². The molecule has 25 heavy (non-hydrogen) atoms. The van der Waals surface area contributed by atoms with E-state index in [1.54, 1.807) is 53.2 Å². The number of hydrogen-bond acceptors (Lipinski definition) is 6. The second-order valence-electron chi connectivity index (χ2n) is 5.43. The molecule has 4 aromatic rings. The van der Waals surface area contributed by atoms with E-state index in [9.17, 15) is 4.79 Å². The molecule has 0 N–H and O–H groups in total. The van der Waals surface area contributed by atoms with Gasteiger partial charge in [0.1, 0.15) is 0 Å². The Hall–Kier alpha value is -3.06. The molecule has 0 bridgehead atoms. The minimum Gasteiger partial charge on any atom is -0.472 e. The summed E-state index contributed by atoms with van der Waals surface area (Å²) in [5.74, 6) is 0.745. The van der Waals surface area contributed by atoms with Gasteiger partial charge in [-0.05, 0) is 29.6 Å². The molecule has 7 heteroatoms. The molecule has 0 saturated heterocycles. The smallest absolute Gasteiger partial charge is 0.276 e. The molecule has 4 aromatic heterocycles. The highest BCUT2D eigenvalue weighted by molar-refractivity contribution is 7.09. The van der Waals surface area contributed by atoms with Gasteiger partial charge in [-0.25, -0.2) is 0 Å². The number of furan rings is 2. The Morgan fingerprint density at radius 1 is 1.12 bits per heavy atom. The number of hydrogen-bond donors (Lipinski definition) is 0. The third-order valence-corrected chi connectivity index (χ3v) is 4.52. The fraction of sp³-hybridized carbons (Fsp3) is 0.111. The van der Waals surface area contributed by atoms with E-state index in [2.05, 4.69) is 5.16 Å². The molecule has 0 unspecified atom stereocenters. The second-order valence-corrected chi connectivity index (χ2v) is 6.46. The van der Waals surface area contributed by atoms with E-state index >= 15 is 0 Å². The number of rotatable bonds is 6. The highest BCUT2D eigenvalue weighted by Gasteiger charge is 2.22. The van der Waals surface area contributed by atoms with Gasteiger partial charge in [-0.1, -0.05) is 11.2 Å². The van der Waals surface area contributed by atoms with Crippen molar-refractivity contribution < 1.29 is 18.2 Å². The number of nitrogens with zero attached hydrogens (tertiary/aromatic N) is 2. The molecule has 0 aromatic carbocycles. The zero-order valence-electron chi connectivity index (χ0n) is 13.1. The van der Waals surface area contributed by atoms with Crippen molar-refractivity contribution in [3.8, 4) is 11.5 Å². The van der Waals surface area contributed by atoms with Gasteiger partial charge in [0.2, 0.25) is 5.76 Å². The molecule has 0 spiro atoms. The molecule has 4 heterocycles. The van der Waals surface area contributed by atoms with E-state index in [1.807, 2.05) is 23.6 Å².